The number of nitrogens with zero attached hydrogens (tertiary/aromatic N) is 1. The normalized spacial score (nSPS) is 11.3. The van der Waals surface area contributed by atoms with Gasteiger partial charge in [0, 0.05) is 27.7 Å². The molecule has 0 atom stereocenters. The van der Waals surface area contributed by atoms with Gasteiger partial charge in [0.15, 0.2) is 0 Å². The molecule has 0 amide bonds. The highest BCUT2D eigenvalue weighted by Gasteiger charge is 2.20. The van der Waals surface area contributed by atoms with Crippen LogP contribution in [0.2, 0.25) is 0 Å². The summed E-state index contributed by atoms with van der Waals surface area (Å²) in [5.74, 6) is 0. The van der Waals surface area contributed by atoms with Crippen LogP contribution in [0.3, 0.4) is 0 Å². The van der Waals surface area contributed by atoms with Gasteiger partial charge >= 0.3 is 0 Å². The highest BCUT2D eigenvalue weighted by Crippen LogP contribution is 2.44. The molecule has 1 heterocycles. The van der Waals surface area contributed by atoms with Gasteiger partial charge < -0.3 is 9.32 Å². The highest BCUT2D eigenvalue weighted by atomic mass is 16.3. The van der Waals surface area contributed by atoms with Crippen molar-refractivity contribution in [3.8, 4) is 44.5 Å². The van der Waals surface area contributed by atoms with E-state index in [0.29, 0.717) is 0 Å². The van der Waals surface area contributed by atoms with E-state index in [0.717, 1.165) is 66.8 Å². The van der Waals surface area contributed by atoms with Crippen molar-refractivity contribution in [1.82, 2.24) is 0 Å². The second-order valence-corrected chi connectivity index (χ2v) is 13.8. The molecule has 10 aromatic rings. The lowest BCUT2D eigenvalue weighted by Gasteiger charge is -2.29. The van der Waals surface area contributed by atoms with Gasteiger partial charge in [-0.1, -0.05) is 158 Å². The SMILES string of the molecule is c1ccc(-c2ccc(N(c3cccc(-c4ccc5c(c4)oc4ccccc45)c3)c3cc(-c4ccc5ccccc5c4)ccc3-c3ccccc3)cc2)cc1. The molecule has 0 saturated carbocycles. The Morgan fingerprint density at radius 1 is 0.296 bits per heavy atom. The van der Waals surface area contributed by atoms with Gasteiger partial charge in [-0.25, -0.2) is 0 Å². The van der Waals surface area contributed by atoms with Crippen LogP contribution in [0.15, 0.2) is 217 Å². The molecule has 10 rings (SSSR count). The van der Waals surface area contributed by atoms with E-state index in [1.165, 1.54) is 27.5 Å². The van der Waals surface area contributed by atoms with Gasteiger partial charge in [0.2, 0.25) is 0 Å². The Hall–Kier alpha value is -7.16. The fourth-order valence-electron chi connectivity index (χ4n) is 7.72. The number of furan rings is 1. The molecule has 54 heavy (non-hydrogen) atoms. The fourth-order valence-corrected chi connectivity index (χ4v) is 7.72. The van der Waals surface area contributed by atoms with E-state index in [-0.39, 0.29) is 0 Å². The van der Waals surface area contributed by atoms with Crippen LogP contribution in [0.5, 0.6) is 0 Å². The van der Waals surface area contributed by atoms with E-state index in [1.54, 1.807) is 0 Å². The summed E-state index contributed by atoms with van der Waals surface area (Å²) in [6.45, 7) is 0. The first kappa shape index (κ1) is 31.6. The van der Waals surface area contributed by atoms with E-state index in [4.69, 9.17) is 4.42 Å². The summed E-state index contributed by atoms with van der Waals surface area (Å²) in [4.78, 5) is 2.41. The minimum Gasteiger partial charge on any atom is -0.456 e. The molecule has 2 nitrogen and oxygen atoms in total. The van der Waals surface area contributed by atoms with Crippen molar-refractivity contribution in [2.75, 3.05) is 4.90 Å². The van der Waals surface area contributed by atoms with E-state index in [1.807, 2.05) is 12.1 Å². The van der Waals surface area contributed by atoms with Crippen LogP contribution >= 0.6 is 0 Å². The molecule has 0 bridgehead atoms. The summed E-state index contributed by atoms with van der Waals surface area (Å²) < 4.78 is 6.31. The monoisotopic (exact) mass is 689 g/mol. The topological polar surface area (TPSA) is 16.4 Å². The first-order valence-electron chi connectivity index (χ1n) is 18.4. The van der Waals surface area contributed by atoms with E-state index < -0.39 is 0 Å². The van der Waals surface area contributed by atoms with E-state index in [2.05, 4.69) is 205 Å². The summed E-state index contributed by atoms with van der Waals surface area (Å²) in [6, 6.07) is 76.1. The average molecular weight is 690 g/mol. The van der Waals surface area contributed by atoms with Crippen molar-refractivity contribution >= 4 is 49.8 Å². The molecule has 0 unspecified atom stereocenters. The van der Waals surface area contributed by atoms with Crippen LogP contribution in [0.4, 0.5) is 17.1 Å². The number of benzene rings is 9. The lowest BCUT2D eigenvalue weighted by Crippen LogP contribution is -2.11. The highest BCUT2D eigenvalue weighted by molar-refractivity contribution is 6.06. The predicted molar refractivity (Wildman–Crippen MR) is 228 cm³/mol. The largest absolute Gasteiger partial charge is 0.456 e. The number of anilines is 3. The van der Waals surface area contributed by atoms with Crippen molar-refractivity contribution in [3.05, 3.63) is 212 Å². The molecule has 0 aliphatic heterocycles. The van der Waals surface area contributed by atoms with Gasteiger partial charge in [0.1, 0.15) is 11.2 Å². The molecule has 0 N–H and O–H groups in total. The summed E-state index contributed by atoms with van der Waals surface area (Å²) in [5, 5.41) is 4.73. The molecule has 9 aromatic carbocycles. The van der Waals surface area contributed by atoms with Crippen molar-refractivity contribution < 1.29 is 4.42 Å². The van der Waals surface area contributed by atoms with Crippen LogP contribution < -0.4 is 4.90 Å². The second-order valence-electron chi connectivity index (χ2n) is 13.8. The zero-order valence-electron chi connectivity index (χ0n) is 29.6. The molecule has 1 aromatic heterocycles. The summed E-state index contributed by atoms with van der Waals surface area (Å²) >= 11 is 0. The van der Waals surface area contributed by atoms with Crippen LogP contribution in [-0.4, -0.2) is 0 Å². The molecular weight excluding hydrogens is 655 g/mol. The fraction of sp³-hybridized carbons (Fsp3) is 0. The Labute approximate surface area is 314 Å². The molecule has 0 spiro atoms. The van der Waals surface area contributed by atoms with Gasteiger partial charge in [-0.3, -0.25) is 0 Å². The van der Waals surface area contributed by atoms with Gasteiger partial charge in [-0.05, 0) is 104 Å². The molecule has 0 saturated heterocycles. The number of para-hydroxylation sites is 1. The maximum absolute atomic E-state index is 6.31. The lowest BCUT2D eigenvalue weighted by molar-refractivity contribution is 0.669. The number of fused-ring (bicyclic) bond motifs is 4. The Morgan fingerprint density at radius 2 is 0.870 bits per heavy atom. The molecule has 0 aliphatic carbocycles. The van der Waals surface area contributed by atoms with Gasteiger partial charge in [-0.15, -0.1) is 0 Å². The second kappa shape index (κ2) is 13.4. The molecule has 0 aliphatic rings. The smallest absolute Gasteiger partial charge is 0.136 e. The Balaban J connectivity index is 1.16. The van der Waals surface area contributed by atoms with Crippen molar-refractivity contribution in [2.24, 2.45) is 0 Å². The maximum atomic E-state index is 6.31. The van der Waals surface area contributed by atoms with Crippen molar-refractivity contribution in [1.29, 1.82) is 0 Å². The Bertz CT molecular complexity index is 2920. The van der Waals surface area contributed by atoms with Gasteiger partial charge in [0.25, 0.3) is 0 Å². The minimum absolute atomic E-state index is 0.891. The van der Waals surface area contributed by atoms with Crippen LogP contribution in [-0.2, 0) is 0 Å². The maximum Gasteiger partial charge on any atom is 0.136 e. The zero-order valence-corrected chi connectivity index (χ0v) is 29.6. The molecule has 254 valence electrons. The zero-order chi connectivity index (χ0) is 35.8. The molecule has 2 heteroatoms. The van der Waals surface area contributed by atoms with Crippen LogP contribution in [0, 0.1) is 0 Å². The molecular formula is C52H35NO. The third kappa shape index (κ3) is 5.81. The number of hydrogen-bond donors (Lipinski definition) is 0. The van der Waals surface area contributed by atoms with Gasteiger partial charge in [-0.2, -0.15) is 0 Å². The predicted octanol–water partition coefficient (Wildman–Crippen LogP) is 14.9. The Kier molecular flexibility index (Phi) is 7.85. The third-order valence-corrected chi connectivity index (χ3v) is 10.5. The van der Waals surface area contributed by atoms with Gasteiger partial charge in [0.05, 0.1) is 5.69 Å². The summed E-state index contributed by atoms with van der Waals surface area (Å²) in [7, 11) is 0. The van der Waals surface area contributed by atoms with E-state index >= 15 is 0 Å². The van der Waals surface area contributed by atoms with Crippen molar-refractivity contribution in [2.45, 2.75) is 0 Å². The lowest BCUT2D eigenvalue weighted by atomic mass is 9.95. The minimum atomic E-state index is 0.891. The van der Waals surface area contributed by atoms with Crippen LogP contribution in [0.25, 0.3) is 77.2 Å². The summed E-state index contributed by atoms with van der Waals surface area (Å²) in [5.41, 5.74) is 14.3. The van der Waals surface area contributed by atoms with Crippen molar-refractivity contribution in [3.63, 3.8) is 0 Å². The quantitative estimate of drug-likeness (QED) is 0.166. The third-order valence-electron chi connectivity index (χ3n) is 10.5. The first-order valence-corrected chi connectivity index (χ1v) is 18.4. The van der Waals surface area contributed by atoms with Crippen LogP contribution in [0.1, 0.15) is 0 Å². The average Bonchev–Trinajstić information content (AvgIpc) is 3.63. The standard InChI is InChI=1S/C52H35NO/c1-3-12-36(13-4-1)38-24-28-45(29-25-38)53(46-19-11-18-41(33-46)44-27-31-49-48-20-9-10-21-51(48)54-52(49)35-44)50-34-43(26-30-47(50)39-15-5-2-6-16-39)42-23-22-37-14-7-8-17-40(37)32-42/h1-35H. The molecule has 0 radical (unpaired) electrons. The van der Waals surface area contributed by atoms with E-state index in [9.17, 15) is 0 Å². The number of hydrogen-bond acceptors (Lipinski definition) is 2. The number of rotatable bonds is 7. The first-order chi connectivity index (χ1) is 26.7. The summed E-state index contributed by atoms with van der Waals surface area (Å²) in [6.07, 6.45) is 0. The molecule has 0 fully saturated rings. The Morgan fingerprint density at radius 3 is 1.70 bits per heavy atom.